The van der Waals surface area contributed by atoms with Crippen LogP contribution in [-0.2, 0) is 4.79 Å². The molecule has 4 N–H and O–H groups in total. The van der Waals surface area contributed by atoms with Gasteiger partial charge in [0.25, 0.3) is 0 Å². The smallest absolute Gasteiger partial charge is 0.187 e. The summed E-state index contributed by atoms with van der Waals surface area (Å²) in [5.41, 5.74) is 1.25. The fourth-order valence-corrected chi connectivity index (χ4v) is 4.33. The highest BCUT2D eigenvalue weighted by Crippen LogP contribution is 2.33. The van der Waals surface area contributed by atoms with Gasteiger partial charge in [-0.2, -0.15) is 0 Å². The Balaban J connectivity index is 1.40. The summed E-state index contributed by atoms with van der Waals surface area (Å²) in [6.07, 6.45) is 0.245. The van der Waals surface area contributed by atoms with E-state index in [1.165, 1.54) is 29.7 Å². The number of carbonyl (C=O) groups is 1. The molecule has 2 aromatic heterocycles. The van der Waals surface area contributed by atoms with Crippen molar-refractivity contribution in [3.63, 3.8) is 0 Å². The first-order chi connectivity index (χ1) is 13.9. The number of rotatable bonds is 4. The highest BCUT2D eigenvalue weighted by atomic mass is 32.1. The first-order valence-electron chi connectivity index (χ1n) is 8.68. The molecule has 0 aliphatic heterocycles. The van der Waals surface area contributed by atoms with E-state index < -0.39 is 41.4 Å². The molecule has 4 aromatic rings. The number of aliphatic hydroxyl groups excluding tert-OH is 1. The lowest BCUT2D eigenvalue weighted by molar-refractivity contribution is -0.137. The highest BCUT2D eigenvalue weighted by Gasteiger charge is 2.49. The van der Waals surface area contributed by atoms with Crippen molar-refractivity contribution in [2.24, 2.45) is 0 Å². The second kappa shape index (κ2) is 6.46. The second-order valence-electron chi connectivity index (χ2n) is 6.78. The molecule has 0 saturated heterocycles. The number of anilines is 2. The van der Waals surface area contributed by atoms with Crippen LogP contribution in [0.5, 0.6) is 0 Å². The van der Waals surface area contributed by atoms with Crippen LogP contribution in [0.4, 0.5) is 24.0 Å². The number of aromatic amines is 1. The molecule has 1 aliphatic carbocycles. The number of aliphatic hydroxyl groups is 1. The average Bonchev–Trinajstić information content (AvgIpc) is 3.27. The van der Waals surface area contributed by atoms with E-state index in [4.69, 9.17) is 0 Å². The minimum absolute atomic E-state index is 0.372. The fraction of sp³-hybridized carbons (Fsp3) is 0.158. The van der Waals surface area contributed by atoms with Crippen molar-refractivity contribution in [1.82, 2.24) is 9.97 Å². The van der Waals surface area contributed by atoms with Crippen molar-refractivity contribution in [2.45, 2.75) is 18.2 Å². The lowest BCUT2D eigenvalue weighted by Gasteiger charge is -2.40. The molecule has 148 valence electrons. The Morgan fingerprint density at radius 2 is 1.90 bits per heavy atom. The first kappa shape index (κ1) is 18.0. The number of halogens is 3. The number of H-pyrrole nitrogens is 1. The maximum atomic E-state index is 13.6. The molecule has 3 atom stereocenters. The molecule has 5 rings (SSSR count). The summed E-state index contributed by atoms with van der Waals surface area (Å²) in [6.45, 7) is 0. The number of nitrogens with one attached hydrogen (secondary N) is 3. The van der Waals surface area contributed by atoms with Crippen molar-refractivity contribution in [1.29, 1.82) is 0 Å². The Labute approximate surface area is 165 Å². The summed E-state index contributed by atoms with van der Waals surface area (Å²) >= 11 is 1.27. The number of fused-ring (bicyclic) bond motifs is 2. The van der Waals surface area contributed by atoms with Crippen LogP contribution in [0.25, 0.3) is 21.1 Å². The third-order valence-electron chi connectivity index (χ3n) is 4.97. The van der Waals surface area contributed by atoms with Gasteiger partial charge in [-0.05, 0) is 18.2 Å². The summed E-state index contributed by atoms with van der Waals surface area (Å²) in [6, 6.07) is 4.80. The molecule has 2 aromatic carbocycles. The van der Waals surface area contributed by atoms with Crippen LogP contribution in [0.15, 0.2) is 36.5 Å². The van der Waals surface area contributed by atoms with Gasteiger partial charge in [0, 0.05) is 23.7 Å². The van der Waals surface area contributed by atoms with Crippen molar-refractivity contribution >= 4 is 49.1 Å². The summed E-state index contributed by atoms with van der Waals surface area (Å²) in [7, 11) is 0. The number of thiazole rings is 1. The van der Waals surface area contributed by atoms with E-state index >= 15 is 0 Å². The molecule has 0 spiro atoms. The molecule has 1 fully saturated rings. The van der Waals surface area contributed by atoms with E-state index in [2.05, 4.69) is 20.6 Å². The van der Waals surface area contributed by atoms with Crippen LogP contribution in [0.1, 0.15) is 0 Å². The predicted molar refractivity (Wildman–Crippen MR) is 104 cm³/mol. The zero-order chi connectivity index (χ0) is 20.3. The molecular weight excluding hydrogens is 405 g/mol. The lowest BCUT2D eigenvalue weighted by Crippen LogP contribution is -2.67. The SMILES string of the molecule is O=C1C(O)C(Nc2nc3cc(F)ccc3s2)C1Nc1c[nH]c2cc(F)c(F)cc12. The third kappa shape index (κ3) is 2.91. The van der Waals surface area contributed by atoms with E-state index in [-0.39, 0.29) is 0 Å². The number of carbonyl (C=O) groups excluding carboxylic acids is 1. The number of hydrogen-bond donors (Lipinski definition) is 4. The number of aromatic nitrogens is 2. The molecule has 1 saturated carbocycles. The van der Waals surface area contributed by atoms with Crippen LogP contribution in [0, 0.1) is 17.5 Å². The lowest BCUT2D eigenvalue weighted by atomic mass is 9.81. The van der Waals surface area contributed by atoms with Crippen LogP contribution >= 0.6 is 11.3 Å². The highest BCUT2D eigenvalue weighted by molar-refractivity contribution is 7.22. The van der Waals surface area contributed by atoms with Crippen molar-refractivity contribution < 1.29 is 23.1 Å². The second-order valence-corrected chi connectivity index (χ2v) is 7.82. The predicted octanol–water partition coefficient (Wildman–Crippen LogP) is 3.40. The monoisotopic (exact) mass is 418 g/mol. The number of ketones is 1. The number of Topliss-reactive ketones (excluding diaryl/α,β-unsaturated/α-hetero) is 1. The number of nitrogens with zero attached hydrogens (tertiary/aromatic N) is 1. The molecular formula is C19H13F3N4O2S. The Bertz CT molecular complexity index is 1270. The Morgan fingerprint density at radius 1 is 1.10 bits per heavy atom. The van der Waals surface area contributed by atoms with Crippen LogP contribution in [0.2, 0.25) is 0 Å². The molecule has 0 bridgehead atoms. The average molecular weight is 418 g/mol. The molecule has 3 unspecified atom stereocenters. The van der Waals surface area contributed by atoms with Gasteiger partial charge in [0.05, 0.1) is 27.5 Å². The fourth-order valence-electron chi connectivity index (χ4n) is 3.43. The Morgan fingerprint density at radius 3 is 2.72 bits per heavy atom. The first-order valence-corrected chi connectivity index (χ1v) is 9.49. The summed E-state index contributed by atoms with van der Waals surface area (Å²) in [4.78, 5) is 19.3. The normalized spacial score (nSPS) is 21.5. The van der Waals surface area contributed by atoms with Gasteiger partial charge in [-0.1, -0.05) is 11.3 Å². The van der Waals surface area contributed by atoms with Gasteiger partial charge in [-0.15, -0.1) is 0 Å². The quantitative estimate of drug-likeness (QED) is 0.408. The van der Waals surface area contributed by atoms with E-state index in [1.54, 1.807) is 6.07 Å². The molecule has 6 nitrogen and oxygen atoms in total. The maximum absolute atomic E-state index is 13.6. The zero-order valence-corrected chi connectivity index (χ0v) is 15.4. The number of benzene rings is 2. The van der Waals surface area contributed by atoms with Crippen LogP contribution < -0.4 is 10.6 Å². The summed E-state index contributed by atoms with van der Waals surface area (Å²) in [5.74, 6) is -2.83. The van der Waals surface area contributed by atoms with Crippen LogP contribution in [0.3, 0.4) is 0 Å². The minimum atomic E-state index is -1.25. The van der Waals surface area contributed by atoms with Gasteiger partial charge in [-0.25, -0.2) is 18.2 Å². The van der Waals surface area contributed by atoms with Crippen molar-refractivity contribution in [3.8, 4) is 0 Å². The van der Waals surface area contributed by atoms with E-state index in [1.807, 2.05) is 0 Å². The zero-order valence-electron chi connectivity index (χ0n) is 14.5. The number of hydrogen-bond acceptors (Lipinski definition) is 6. The maximum Gasteiger partial charge on any atom is 0.187 e. The van der Waals surface area contributed by atoms with E-state index in [9.17, 15) is 23.1 Å². The van der Waals surface area contributed by atoms with Gasteiger partial charge in [0.1, 0.15) is 18.0 Å². The molecule has 0 radical (unpaired) electrons. The molecule has 0 amide bonds. The molecule has 29 heavy (non-hydrogen) atoms. The van der Waals surface area contributed by atoms with Gasteiger partial charge in [0.2, 0.25) is 0 Å². The molecule has 2 heterocycles. The molecule has 10 heteroatoms. The van der Waals surface area contributed by atoms with Gasteiger partial charge in [0.15, 0.2) is 22.5 Å². The Hall–Kier alpha value is -3.11. The van der Waals surface area contributed by atoms with Gasteiger partial charge in [-0.3, -0.25) is 4.79 Å². The Kier molecular flexibility index (Phi) is 4.00. The standard InChI is InChI=1S/C19H13F3N4O2S/c20-7-1-2-14-12(3-7)25-19(29-14)26-16-15(17(27)18(16)28)24-13-6-23-11-5-10(22)9(21)4-8(11)13/h1-6,15-16,18,23-24,28H,(H,25,26). The van der Waals surface area contributed by atoms with Crippen molar-refractivity contribution in [3.05, 3.63) is 54.0 Å². The van der Waals surface area contributed by atoms with Gasteiger partial charge >= 0.3 is 0 Å². The minimum Gasteiger partial charge on any atom is -0.383 e. The summed E-state index contributed by atoms with van der Waals surface area (Å²) < 4.78 is 41.1. The van der Waals surface area contributed by atoms with Crippen molar-refractivity contribution in [2.75, 3.05) is 10.6 Å². The van der Waals surface area contributed by atoms with Gasteiger partial charge < -0.3 is 20.7 Å². The topological polar surface area (TPSA) is 90.0 Å². The van der Waals surface area contributed by atoms with Crippen LogP contribution in [-0.4, -0.2) is 39.0 Å². The van der Waals surface area contributed by atoms with E-state index in [0.717, 1.165) is 16.8 Å². The largest absolute Gasteiger partial charge is 0.383 e. The third-order valence-corrected chi connectivity index (χ3v) is 5.94. The molecule has 1 aliphatic rings. The summed E-state index contributed by atoms with van der Waals surface area (Å²) in [5, 5.41) is 16.9. The van der Waals surface area contributed by atoms with E-state index in [0.29, 0.717) is 27.2 Å².